The van der Waals surface area contributed by atoms with Crippen LogP contribution in [0.2, 0.25) is 0 Å². The fourth-order valence-electron chi connectivity index (χ4n) is 4.40. The van der Waals surface area contributed by atoms with Crippen LogP contribution in [0.4, 0.5) is 0 Å². The molecule has 0 saturated carbocycles. The predicted molar refractivity (Wildman–Crippen MR) is 110 cm³/mol. The maximum absolute atomic E-state index is 5.44. The van der Waals surface area contributed by atoms with E-state index >= 15 is 0 Å². The molecule has 0 spiro atoms. The van der Waals surface area contributed by atoms with Gasteiger partial charge in [0.05, 0.1) is 13.7 Å². The van der Waals surface area contributed by atoms with Gasteiger partial charge >= 0.3 is 0 Å². The number of benzene rings is 2. The average Bonchev–Trinajstić information content (AvgIpc) is 3.11. The van der Waals surface area contributed by atoms with Crippen LogP contribution >= 0.6 is 0 Å². The molecule has 4 heteroatoms. The minimum Gasteiger partial charge on any atom is -0.497 e. The van der Waals surface area contributed by atoms with Crippen molar-refractivity contribution < 1.29 is 9.30 Å². The van der Waals surface area contributed by atoms with Gasteiger partial charge in [-0.05, 0) is 56.3 Å². The second kappa shape index (κ2) is 6.86. The van der Waals surface area contributed by atoms with Crippen LogP contribution in [0.1, 0.15) is 19.3 Å². The Labute approximate surface area is 159 Å². The first-order chi connectivity index (χ1) is 13.3. The number of likely N-dealkylation sites (tertiary alicyclic amines) is 1. The molecule has 0 radical (unpaired) electrons. The van der Waals surface area contributed by atoms with Crippen molar-refractivity contribution in [3.8, 4) is 5.75 Å². The largest absolute Gasteiger partial charge is 0.497 e. The van der Waals surface area contributed by atoms with Crippen molar-refractivity contribution in [2.75, 3.05) is 26.7 Å². The number of ether oxygens (including phenoxy) is 1. The molecule has 1 fully saturated rings. The topological polar surface area (TPSA) is 32.1 Å². The Morgan fingerprint density at radius 2 is 1.85 bits per heavy atom. The van der Waals surface area contributed by atoms with Gasteiger partial charge in [0.25, 0.3) is 0 Å². The van der Waals surface area contributed by atoms with Gasteiger partial charge in [-0.15, -0.1) is 0 Å². The maximum Gasteiger partial charge on any atom is 0.176 e. The van der Waals surface area contributed by atoms with Crippen molar-refractivity contribution in [3.05, 3.63) is 48.8 Å². The zero-order valence-corrected chi connectivity index (χ0v) is 15.9. The number of nitrogens with one attached hydrogen (secondary N) is 1. The first-order valence-electron chi connectivity index (χ1n) is 9.95. The monoisotopic (exact) mass is 360 g/mol. The molecule has 5 rings (SSSR count). The third-order valence-electron chi connectivity index (χ3n) is 5.91. The highest BCUT2D eigenvalue weighted by molar-refractivity contribution is 6.20. The van der Waals surface area contributed by atoms with E-state index < -0.39 is 0 Å². The molecule has 4 aromatic rings. The van der Waals surface area contributed by atoms with E-state index in [-0.39, 0.29) is 0 Å². The molecular weight excluding hydrogens is 334 g/mol. The molecule has 0 aliphatic carbocycles. The number of pyridine rings is 1. The molecule has 0 unspecified atom stereocenters. The Bertz CT molecular complexity index is 1110. The number of fused-ring (bicyclic) bond motifs is 5. The van der Waals surface area contributed by atoms with Crippen LogP contribution in [-0.4, -0.2) is 36.6 Å². The van der Waals surface area contributed by atoms with E-state index in [9.17, 15) is 0 Å². The third-order valence-corrected chi connectivity index (χ3v) is 5.91. The van der Waals surface area contributed by atoms with Gasteiger partial charge in [0.1, 0.15) is 5.75 Å². The summed E-state index contributed by atoms with van der Waals surface area (Å²) in [5, 5.41) is 5.08. The fraction of sp³-hybridized carbons (Fsp3) is 0.348. The zero-order chi connectivity index (χ0) is 18.2. The summed E-state index contributed by atoms with van der Waals surface area (Å²) in [5.74, 6) is 0.896. The van der Waals surface area contributed by atoms with E-state index in [1.54, 1.807) is 7.11 Å². The summed E-state index contributed by atoms with van der Waals surface area (Å²) >= 11 is 0. The molecule has 138 valence electrons. The average molecular weight is 360 g/mol. The molecule has 2 aromatic heterocycles. The van der Waals surface area contributed by atoms with Crippen LogP contribution in [0.3, 0.4) is 0 Å². The lowest BCUT2D eigenvalue weighted by Crippen LogP contribution is -2.41. The number of H-pyrrole nitrogens is 1. The van der Waals surface area contributed by atoms with Gasteiger partial charge in [0.2, 0.25) is 0 Å². The number of aromatic nitrogens is 2. The van der Waals surface area contributed by atoms with Crippen molar-refractivity contribution in [2.45, 2.75) is 25.8 Å². The molecule has 0 atom stereocenters. The lowest BCUT2D eigenvalue weighted by atomic mass is 10.1. The summed E-state index contributed by atoms with van der Waals surface area (Å²) < 4.78 is 7.77. The number of nitrogens with zero attached hydrogens (tertiary/aromatic N) is 2. The molecule has 1 N–H and O–H groups in total. The Morgan fingerprint density at radius 1 is 1.00 bits per heavy atom. The van der Waals surface area contributed by atoms with Gasteiger partial charge in [-0.25, -0.2) is 4.57 Å². The van der Waals surface area contributed by atoms with E-state index in [2.05, 4.69) is 57.2 Å². The summed E-state index contributed by atoms with van der Waals surface area (Å²) in [6.07, 6.45) is 8.61. The van der Waals surface area contributed by atoms with E-state index in [1.807, 2.05) is 6.07 Å². The maximum atomic E-state index is 5.44. The van der Waals surface area contributed by atoms with Gasteiger partial charge in [-0.2, -0.15) is 0 Å². The molecule has 0 bridgehead atoms. The van der Waals surface area contributed by atoms with Gasteiger partial charge in [-0.1, -0.05) is 6.42 Å². The van der Waals surface area contributed by atoms with Crippen LogP contribution in [0.25, 0.3) is 32.6 Å². The number of piperidine rings is 1. The predicted octanol–water partition coefficient (Wildman–Crippen LogP) is 4.26. The van der Waals surface area contributed by atoms with E-state index in [0.29, 0.717) is 0 Å². The number of methoxy groups -OCH3 is 1. The number of hydrogen-bond acceptors (Lipinski definition) is 2. The van der Waals surface area contributed by atoms with E-state index in [0.717, 1.165) is 24.4 Å². The smallest absolute Gasteiger partial charge is 0.176 e. The van der Waals surface area contributed by atoms with Gasteiger partial charge in [-0.3, -0.25) is 4.90 Å². The summed E-state index contributed by atoms with van der Waals surface area (Å²) in [6.45, 7) is 4.70. The van der Waals surface area contributed by atoms with Crippen molar-refractivity contribution in [1.29, 1.82) is 0 Å². The van der Waals surface area contributed by atoms with Gasteiger partial charge < -0.3 is 9.72 Å². The highest BCUT2D eigenvalue weighted by Crippen LogP contribution is 2.33. The summed E-state index contributed by atoms with van der Waals surface area (Å²) in [5.41, 5.74) is 2.33. The first kappa shape index (κ1) is 16.6. The number of rotatable bonds is 4. The first-order valence-corrected chi connectivity index (χ1v) is 9.95. The Balaban J connectivity index is 1.53. The van der Waals surface area contributed by atoms with Crippen molar-refractivity contribution in [3.63, 3.8) is 0 Å². The third kappa shape index (κ3) is 3.04. The highest BCUT2D eigenvalue weighted by Gasteiger charge is 2.14. The molecule has 4 nitrogen and oxygen atoms in total. The number of aromatic amines is 1. The Morgan fingerprint density at radius 3 is 2.70 bits per heavy atom. The van der Waals surface area contributed by atoms with Crippen LogP contribution in [-0.2, 0) is 6.54 Å². The SMILES string of the molecule is COc1ccc2[nH]c3ccc4c[n+](CCN5CCCCC5)ccc4c3c2c1. The zero-order valence-electron chi connectivity index (χ0n) is 15.9. The number of hydrogen-bond donors (Lipinski definition) is 1. The quantitative estimate of drug-likeness (QED) is 0.552. The minimum atomic E-state index is 0.896. The normalized spacial score (nSPS) is 15.7. The van der Waals surface area contributed by atoms with Gasteiger partial charge in [0, 0.05) is 38.6 Å². The van der Waals surface area contributed by atoms with Crippen LogP contribution in [0, 0.1) is 0 Å². The fourth-order valence-corrected chi connectivity index (χ4v) is 4.40. The van der Waals surface area contributed by atoms with Crippen molar-refractivity contribution >= 4 is 32.6 Å². The van der Waals surface area contributed by atoms with Gasteiger partial charge in [0.15, 0.2) is 18.9 Å². The molecule has 1 aliphatic heterocycles. The second-order valence-corrected chi connectivity index (χ2v) is 7.61. The second-order valence-electron chi connectivity index (χ2n) is 7.61. The Kier molecular flexibility index (Phi) is 4.21. The summed E-state index contributed by atoms with van der Waals surface area (Å²) in [7, 11) is 1.72. The van der Waals surface area contributed by atoms with E-state index in [4.69, 9.17) is 4.74 Å². The van der Waals surface area contributed by atoms with Crippen molar-refractivity contribution in [2.24, 2.45) is 0 Å². The molecule has 1 saturated heterocycles. The summed E-state index contributed by atoms with van der Waals surface area (Å²) in [6, 6.07) is 12.9. The molecule has 27 heavy (non-hydrogen) atoms. The Hall–Kier alpha value is -2.59. The standard InChI is InChI=1S/C23H25N3O/c1-27-18-6-8-21-20(15-18)23-19-9-12-26(14-13-25-10-3-2-4-11-25)16-17(19)5-7-22(23)24-21/h5-9,12,15-16H,2-4,10-11,13-14H2,1H3/p+1. The van der Waals surface area contributed by atoms with E-state index in [1.165, 1.54) is 59.4 Å². The van der Waals surface area contributed by atoms with Crippen LogP contribution in [0.15, 0.2) is 48.8 Å². The molecule has 0 amide bonds. The van der Waals surface area contributed by atoms with Crippen LogP contribution < -0.4 is 9.30 Å². The van der Waals surface area contributed by atoms with Crippen molar-refractivity contribution in [1.82, 2.24) is 9.88 Å². The minimum absolute atomic E-state index is 0.896. The molecular formula is C23H26N3O+. The van der Waals surface area contributed by atoms with Crippen LogP contribution in [0.5, 0.6) is 5.75 Å². The summed E-state index contributed by atoms with van der Waals surface area (Å²) in [4.78, 5) is 6.13. The lowest BCUT2D eigenvalue weighted by Gasteiger charge is -2.24. The molecule has 1 aliphatic rings. The highest BCUT2D eigenvalue weighted by atomic mass is 16.5. The molecule has 3 heterocycles. The molecule has 2 aromatic carbocycles. The lowest BCUT2D eigenvalue weighted by molar-refractivity contribution is -0.695.